The highest BCUT2D eigenvalue weighted by Gasteiger charge is 2.26. The molecule has 8 heteroatoms. The van der Waals surface area contributed by atoms with Gasteiger partial charge >= 0.3 is 0 Å². The van der Waals surface area contributed by atoms with Crippen molar-refractivity contribution in [2.75, 3.05) is 31.1 Å². The number of carbonyl (C=O) groups is 1. The molecular weight excluding hydrogens is 421 g/mol. The van der Waals surface area contributed by atoms with Crippen molar-refractivity contribution in [3.8, 4) is 11.4 Å². The molecule has 4 rings (SSSR count). The molecule has 154 valence electrons. The molecule has 3 aromatic rings. The van der Waals surface area contributed by atoms with Gasteiger partial charge in [-0.15, -0.1) is 0 Å². The molecule has 6 nitrogen and oxygen atoms in total. The van der Waals surface area contributed by atoms with E-state index in [4.69, 9.17) is 28.2 Å². The molecule has 0 saturated carbocycles. The first-order valence-electron chi connectivity index (χ1n) is 9.69. The Kier molecular flexibility index (Phi) is 5.88. The number of amides is 1. The minimum Gasteiger partial charge on any atom is -0.353 e. The zero-order valence-corrected chi connectivity index (χ0v) is 18.3. The number of hydrogen-bond donors (Lipinski definition) is 0. The van der Waals surface area contributed by atoms with Crippen molar-refractivity contribution >= 4 is 34.9 Å². The van der Waals surface area contributed by atoms with Crippen LogP contribution in [0.4, 0.5) is 5.82 Å². The molecular formula is C22H21Cl2N5O. The quantitative estimate of drug-likeness (QED) is 0.601. The number of carbonyl (C=O) groups excluding carboxylic acids is 1. The number of halogens is 2. The number of hydrogen-bond acceptors (Lipinski definition) is 5. The normalized spacial score (nSPS) is 14.1. The first-order chi connectivity index (χ1) is 14.5. The average Bonchev–Trinajstić information content (AvgIpc) is 2.78. The monoisotopic (exact) mass is 441 g/mol. The van der Waals surface area contributed by atoms with Crippen LogP contribution in [0.2, 0.25) is 10.0 Å². The molecule has 3 heterocycles. The summed E-state index contributed by atoms with van der Waals surface area (Å²) in [5, 5.41) is 0.686. The summed E-state index contributed by atoms with van der Waals surface area (Å²) in [5.74, 6) is 1.45. The van der Waals surface area contributed by atoms with Crippen LogP contribution in [0.15, 0.2) is 42.7 Å². The summed E-state index contributed by atoms with van der Waals surface area (Å²) < 4.78 is 0. The van der Waals surface area contributed by atoms with Crippen LogP contribution in [0.3, 0.4) is 0 Å². The summed E-state index contributed by atoms with van der Waals surface area (Å²) in [5.41, 5.74) is 3.29. The van der Waals surface area contributed by atoms with E-state index in [-0.39, 0.29) is 5.91 Å². The first-order valence-corrected chi connectivity index (χ1v) is 10.4. The van der Waals surface area contributed by atoms with Gasteiger partial charge in [0.15, 0.2) is 5.82 Å². The lowest BCUT2D eigenvalue weighted by molar-refractivity contribution is 0.0746. The van der Waals surface area contributed by atoms with E-state index < -0.39 is 0 Å². The molecule has 1 aliphatic rings. The molecule has 0 aliphatic carbocycles. The minimum atomic E-state index is -0.103. The highest BCUT2D eigenvalue weighted by Crippen LogP contribution is 2.28. The lowest BCUT2D eigenvalue weighted by atomic mass is 10.1. The maximum atomic E-state index is 12.9. The van der Waals surface area contributed by atoms with Gasteiger partial charge in [-0.3, -0.25) is 9.78 Å². The van der Waals surface area contributed by atoms with Gasteiger partial charge in [-0.2, -0.15) is 0 Å². The predicted octanol–water partition coefficient (Wildman–Crippen LogP) is 4.42. The van der Waals surface area contributed by atoms with Crippen molar-refractivity contribution in [2.24, 2.45) is 0 Å². The third-order valence-corrected chi connectivity index (χ3v) is 6.15. The summed E-state index contributed by atoms with van der Waals surface area (Å²) in [6, 6.07) is 8.95. The summed E-state index contributed by atoms with van der Waals surface area (Å²) >= 11 is 12.3. The van der Waals surface area contributed by atoms with Gasteiger partial charge in [-0.05, 0) is 38.1 Å². The molecule has 0 spiro atoms. The number of anilines is 1. The second-order valence-electron chi connectivity index (χ2n) is 7.20. The van der Waals surface area contributed by atoms with E-state index >= 15 is 0 Å². The van der Waals surface area contributed by atoms with E-state index in [2.05, 4.69) is 14.9 Å². The molecule has 1 amide bonds. The van der Waals surface area contributed by atoms with Crippen molar-refractivity contribution in [1.82, 2.24) is 19.9 Å². The van der Waals surface area contributed by atoms with Crippen molar-refractivity contribution in [3.05, 3.63) is 69.6 Å². The molecule has 0 unspecified atom stereocenters. The van der Waals surface area contributed by atoms with E-state index in [9.17, 15) is 4.79 Å². The highest BCUT2D eigenvalue weighted by molar-refractivity contribution is 6.43. The number of piperazine rings is 1. The molecule has 0 bridgehead atoms. The molecule has 1 aliphatic heterocycles. The van der Waals surface area contributed by atoms with Gasteiger partial charge in [0, 0.05) is 55.4 Å². The van der Waals surface area contributed by atoms with Crippen LogP contribution in [-0.4, -0.2) is 51.9 Å². The number of aryl methyl sites for hydroxylation is 1. The Hall–Kier alpha value is -2.70. The fourth-order valence-corrected chi connectivity index (χ4v) is 3.89. The average molecular weight is 442 g/mol. The highest BCUT2D eigenvalue weighted by atomic mass is 35.5. The van der Waals surface area contributed by atoms with Crippen LogP contribution in [0.1, 0.15) is 21.6 Å². The number of rotatable bonds is 3. The Morgan fingerprint density at radius 2 is 1.77 bits per heavy atom. The van der Waals surface area contributed by atoms with Gasteiger partial charge in [0.05, 0.1) is 15.6 Å². The molecule has 1 saturated heterocycles. The molecule has 1 aromatic carbocycles. The molecule has 30 heavy (non-hydrogen) atoms. The zero-order valence-electron chi connectivity index (χ0n) is 16.8. The Labute approximate surface area is 185 Å². The van der Waals surface area contributed by atoms with Gasteiger partial charge in [-0.1, -0.05) is 29.3 Å². The Morgan fingerprint density at radius 1 is 1.00 bits per heavy atom. The SMILES string of the molecule is Cc1nc(-c2cccnc2)nc(N2CCN(C(=O)c3cccc(Cl)c3Cl)CC2)c1C. The Bertz CT molecular complexity index is 1080. The molecule has 2 aromatic heterocycles. The lowest BCUT2D eigenvalue weighted by Gasteiger charge is -2.36. The van der Waals surface area contributed by atoms with E-state index in [0.29, 0.717) is 47.6 Å². The number of benzene rings is 1. The van der Waals surface area contributed by atoms with Crippen molar-refractivity contribution in [3.63, 3.8) is 0 Å². The minimum absolute atomic E-state index is 0.103. The van der Waals surface area contributed by atoms with Crippen LogP contribution in [-0.2, 0) is 0 Å². The summed E-state index contributed by atoms with van der Waals surface area (Å²) in [4.78, 5) is 30.5. The Morgan fingerprint density at radius 3 is 2.47 bits per heavy atom. The molecule has 0 radical (unpaired) electrons. The third-order valence-electron chi connectivity index (χ3n) is 5.33. The van der Waals surface area contributed by atoms with Crippen LogP contribution >= 0.6 is 23.2 Å². The number of nitrogens with zero attached hydrogens (tertiary/aromatic N) is 5. The predicted molar refractivity (Wildman–Crippen MR) is 119 cm³/mol. The van der Waals surface area contributed by atoms with Crippen molar-refractivity contribution in [1.29, 1.82) is 0 Å². The summed E-state index contributed by atoms with van der Waals surface area (Å²) in [6.07, 6.45) is 3.49. The lowest BCUT2D eigenvalue weighted by Crippen LogP contribution is -2.49. The van der Waals surface area contributed by atoms with Crippen LogP contribution in [0.5, 0.6) is 0 Å². The Balaban J connectivity index is 1.54. The van der Waals surface area contributed by atoms with Gasteiger partial charge < -0.3 is 9.80 Å². The second-order valence-corrected chi connectivity index (χ2v) is 7.99. The fourth-order valence-electron chi connectivity index (χ4n) is 3.51. The van der Waals surface area contributed by atoms with Gasteiger partial charge in [-0.25, -0.2) is 9.97 Å². The maximum Gasteiger partial charge on any atom is 0.255 e. The van der Waals surface area contributed by atoms with Crippen LogP contribution in [0.25, 0.3) is 11.4 Å². The molecule has 1 fully saturated rings. The largest absolute Gasteiger partial charge is 0.353 e. The summed E-state index contributed by atoms with van der Waals surface area (Å²) in [6.45, 7) is 6.52. The van der Waals surface area contributed by atoms with Crippen molar-refractivity contribution in [2.45, 2.75) is 13.8 Å². The van der Waals surface area contributed by atoms with Gasteiger partial charge in [0.1, 0.15) is 5.82 Å². The van der Waals surface area contributed by atoms with Crippen LogP contribution < -0.4 is 4.90 Å². The standard InChI is InChI=1S/C22H21Cl2N5O/c1-14-15(2)26-20(16-5-4-8-25-13-16)27-21(14)28-9-11-29(12-10-28)22(30)17-6-3-7-18(23)19(17)24/h3-8,13H,9-12H2,1-2H3. The molecule has 0 atom stereocenters. The van der Waals surface area contributed by atoms with Crippen molar-refractivity contribution < 1.29 is 4.79 Å². The topological polar surface area (TPSA) is 62.2 Å². The second kappa shape index (κ2) is 8.58. The fraction of sp³-hybridized carbons (Fsp3) is 0.273. The number of pyridine rings is 1. The summed E-state index contributed by atoms with van der Waals surface area (Å²) in [7, 11) is 0. The van der Waals surface area contributed by atoms with Gasteiger partial charge in [0.2, 0.25) is 0 Å². The molecule has 0 N–H and O–H groups in total. The number of aromatic nitrogens is 3. The van der Waals surface area contributed by atoms with Crippen LogP contribution in [0, 0.1) is 13.8 Å². The van der Waals surface area contributed by atoms with E-state index in [1.165, 1.54) is 0 Å². The van der Waals surface area contributed by atoms with Gasteiger partial charge in [0.25, 0.3) is 5.91 Å². The first kappa shape index (κ1) is 20.6. The van der Waals surface area contributed by atoms with E-state index in [1.807, 2.05) is 26.0 Å². The third kappa shape index (κ3) is 3.98. The zero-order chi connectivity index (χ0) is 21.3. The van der Waals surface area contributed by atoms with E-state index in [1.54, 1.807) is 35.5 Å². The van der Waals surface area contributed by atoms with E-state index in [0.717, 1.165) is 22.6 Å². The maximum absolute atomic E-state index is 12.9. The smallest absolute Gasteiger partial charge is 0.255 e.